The summed E-state index contributed by atoms with van der Waals surface area (Å²) in [7, 11) is 2.76. The maximum absolute atomic E-state index is 12.6. The summed E-state index contributed by atoms with van der Waals surface area (Å²) in [6, 6.07) is 8.23. The molecule has 3 rings (SSSR count). The van der Waals surface area contributed by atoms with Gasteiger partial charge in [0.25, 0.3) is 0 Å². The fourth-order valence-electron chi connectivity index (χ4n) is 3.03. The van der Waals surface area contributed by atoms with Crippen molar-refractivity contribution in [3.63, 3.8) is 0 Å². The third-order valence-electron chi connectivity index (χ3n) is 4.24. The number of rotatable bonds is 4. The number of hydrogen-bond acceptors (Lipinski definition) is 5. The van der Waals surface area contributed by atoms with Crippen molar-refractivity contribution in [3.8, 4) is 5.75 Å². The Morgan fingerprint density at radius 3 is 2.80 bits per heavy atom. The van der Waals surface area contributed by atoms with Crippen molar-refractivity contribution in [3.05, 3.63) is 47.9 Å². The van der Waals surface area contributed by atoms with Gasteiger partial charge in [0.1, 0.15) is 17.1 Å². The summed E-state index contributed by atoms with van der Waals surface area (Å²) in [6.45, 7) is 0.661. The molecule has 1 aromatic heterocycles. The molecule has 0 spiro atoms. The molecule has 0 radical (unpaired) electrons. The number of likely N-dealkylation sites (tertiary alicyclic amines) is 1. The molecule has 1 saturated heterocycles. The van der Waals surface area contributed by atoms with Crippen LogP contribution in [0, 0.1) is 0 Å². The zero-order valence-corrected chi connectivity index (χ0v) is 14.2. The number of methoxy groups -OCH3 is 2. The van der Waals surface area contributed by atoms with Crippen LogP contribution in [0.25, 0.3) is 0 Å². The number of ether oxygens (including phenoxy) is 2. The molecule has 2 heterocycles. The molecule has 1 N–H and O–H groups in total. The Labute approximate surface area is 145 Å². The van der Waals surface area contributed by atoms with Crippen LogP contribution in [0.2, 0.25) is 0 Å². The van der Waals surface area contributed by atoms with E-state index < -0.39 is 5.97 Å². The monoisotopic (exact) mass is 344 g/mol. The Kier molecular flexibility index (Phi) is 4.92. The van der Waals surface area contributed by atoms with E-state index >= 15 is 0 Å². The molecule has 1 aliphatic heterocycles. The molecule has 1 aromatic carbocycles. The van der Waals surface area contributed by atoms with E-state index in [4.69, 9.17) is 13.9 Å². The molecular weight excluding hydrogens is 324 g/mol. The van der Waals surface area contributed by atoms with Crippen LogP contribution < -0.4 is 10.1 Å². The van der Waals surface area contributed by atoms with Gasteiger partial charge >= 0.3 is 12.0 Å². The summed E-state index contributed by atoms with van der Waals surface area (Å²) in [5.41, 5.74) is 0.845. The Hall–Kier alpha value is -2.96. The van der Waals surface area contributed by atoms with Crippen molar-refractivity contribution < 1.29 is 23.5 Å². The molecule has 0 bridgehead atoms. The third-order valence-corrected chi connectivity index (χ3v) is 4.24. The summed E-state index contributed by atoms with van der Waals surface area (Å²) < 4.78 is 15.4. The molecule has 132 valence electrons. The van der Waals surface area contributed by atoms with Gasteiger partial charge in [-0.3, -0.25) is 0 Å². The smallest absolute Gasteiger partial charge is 0.341 e. The van der Waals surface area contributed by atoms with Crippen LogP contribution in [-0.4, -0.2) is 37.7 Å². The van der Waals surface area contributed by atoms with Gasteiger partial charge in [0.05, 0.1) is 26.5 Å². The highest BCUT2D eigenvalue weighted by atomic mass is 16.5. The number of benzene rings is 1. The zero-order chi connectivity index (χ0) is 17.8. The van der Waals surface area contributed by atoms with Crippen LogP contribution in [0.4, 0.5) is 10.5 Å². The fourth-order valence-corrected chi connectivity index (χ4v) is 3.03. The first-order valence-electron chi connectivity index (χ1n) is 8.01. The normalized spacial score (nSPS) is 16.6. The zero-order valence-electron chi connectivity index (χ0n) is 14.2. The first-order chi connectivity index (χ1) is 12.1. The van der Waals surface area contributed by atoms with Crippen LogP contribution in [0.5, 0.6) is 5.75 Å². The molecule has 7 nitrogen and oxygen atoms in total. The summed E-state index contributed by atoms with van der Waals surface area (Å²) in [5.74, 6) is 0.632. The van der Waals surface area contributed by atoms with E-state index in [1.807, 2.05) is 12.1 Å². The van der Waals surface area contributed by atoms with E-state index in [0.717, 1.165) is 18.6 Å². The van der Waals surface area contributed by atoms with Gasteiger partial charge in [0.2, 0.25) is 0 Å². The van der Waals surface area contributed by atoms with Crippen LogP contribution in [0.15, 0.2) is 41.0 Å². The average Bonchev–Trinajstić information content (AvgIpc) is 3.31. The van der Waals surface area contributed by atoms with Crippen LogP contribution in [0.1, 0.15) is 35.0 Å². The molecule has 25 heavy (non-hydrogen) atoms. The summed E-state index contributed by atoms with van der Waals surface area (Å²) in [5, 5.41) is 2.85. The number of amides is 2. The van der Waals surface area contributed by atoms with E-state index in [9.17, 15) is 9.59 Å². The third kappa shape index (κ3) is 3.45. The molecule has 0 saturated carbocycles. The van der Waals surface area contributed by atoms with Crippen LogP contribution >= 0.6 is 0 Å². The van der Waals surface area contributed by atoms with Crippen LogP contribution in [0.3, 0.4) is 0 Å². The Morgan fingerprint density at radius 1 is 1.28 bits per heavy atom. The molecule has 7 heteroatoms. The topological polar surface area (TPSA) is 81.0 Å². The molecule has 0 unspecified atom stereocenters. The van der Waals surface area contributed by atoms with E-state index in [1.165, 1.54) is 14.2 Å². The van der Waals surface area contributed by atoms with Gasteiger partial charge in [-0.2, -0.15) is 0 Å². The minimum Gasteiger partial charge on any atom is -0.496 e. The number of urea groups is 1. The Balaban J connectivity index is 1.75. The highest BCUT2D eigenvalue weighted by molar-refractivity contribution is 5.95. The molecule has 0 aliphatic carbocycles. The van der Waals surface area contributed by atoms with Crippen molar-refractivity contribution >= 4 is 17.7 Å². The average molecular weight is 344 g/mol. The van der Waals surface area contributed by atoms with E-state index in [0.29, 0.717) is 23.5 Å². The molecule has 2 amide bonds. The lowest BCUT2D eigenvalue weighted by atomic mass is 10.1. The second kappa shape index (κ2) is 7.29. The predicted octanol–water partition coefficient (Wildman–Crippen LogP) is 3.44. The summed E-state index contributed by atoms with van der Waals surface area (Å²) in [4.78, 5) is 26.1. The summed E-state index contributed by atoms with van der Waals surface area (Å²) in [6.07, 6.45) is 3.40. The van der Waals surface area contributed by atoms with E-state index in [-0.39, 0.29) is 12.1 Å². The standard InChI is InChI=1S/C18H20N2O5/c1-23-16-11-12(7-8-13(16)17(21)24-2)19-18(22)20-9-3-5-14(20)15-6-4-10-25-15/h4,6-8,10-11,14H,3,5,9H2,1-2H3,(H,19,22)/t14-/m0/s1. The minimum absolute atomic E-state index is 0.0637. The number of furan rings is 1. The predicted molar refractivity (Wildman–Crippen MR) is 90.7 cm³/mol. The van der Waals surface area contributed by atoms with Gasteiger partial charge in [-0.05, 0) is 37.1 Å². The van der Waals surface area contributed by atoms with Gasteiger partial charge in [-0.25, -0.2) is 9.59 Å². The molecule has 1 fully saturated rings. The van der Waals surface area contributed by atoms with Crippen molar-refractivity contribution in [2.45, 2.75) is 18.9 Å². The van der Waals surface area contributed by atoms with Crippen molar-refractivity contribution in [1.29, 1.82) is 0 Å². The van der Waals surface area contributed by atoms with Crippen molar-refractivity contribution in [2.24, 2.45) is 0 Å². The molecule has 1 atom stereocenters. The Morgan fingerprint density at radius 2 is 2.12 bits per heavy atom. The number of nitrogens with one attached hydrogen (secondary N) is 1. The molecule has 2 aromatic rings. The summed E-state index contributed by atoms with van der Waals surface area (Å²) >= 11 is 0. The molecular formula is C18H20N2O5. The second-order valence-corrected chi connectivity index (χ2v) is 5.70. The maximum atomic E-state index is 12.6. The number of hydrogen-bond donors (Lipinski definition) is 1. The Bertz CT molecular complexity index is 757. The first kappa shape index (κ1) is 16.9. The first-order valence-corrected chi connectivity index (χ1v) is 8.01. The van der Waals surface area contributed by atoms with Gasteiger partial charge in [-0.15, -0.1) is 0 Å². The largest absolute Gasteiger partial charge is 0.496 e. The number of carbonyl (C=O) groups excluding carboxylic acids is 2. The quantitative estimate of drug-likeness (QED) is 0.859. The lowest BCUT2D eigenvalue weighted by molar-refractivity contribution is 0.0597. The van der Waals surface area contributed by atoms with E-state index in [2.05, 4.69) is 5.32 Å². The van der Waals surface area contributed by atoms with Crippen molar-refractivity contribution in [2.75, 3.05) is 26.1 Å². The highest BCUT2D eigenvalue weighted by Crippen LogP contribution is 2.33. The van der Waals surface area contributed by atoms with Crippen LogP contribution in [-0.2, 0) is 4.74 Å². The van der Waals surface area contributed by atoms with Crippen molar-refractivity contribution in [1.82, 2.24) is 4.90 Å². The second-order valence-electron chi connectivity index (χ2n) is 5.70. The fraction of sp³-hybridized carbons (Fsp3) is 0.333. The number of esters is 1. The van der Waals surface area contributed by atoms with Gasteiger partial charge in [0.15, 0.2) is 0 Å². The minimum atomic E-state index is -0.493. The lowest BCUT2D eigenvalue weighted by Crippen LogP contribution is -2.34. The number of carbonyl (C=O) groups is 2. The molecule has 1 aliphatic rings. The highest BCUT2D eigenvalue weighted by Gasteiger charge is 2.31. The van der Waals surface area contributed by atoms with E-state index in [1.54, 1.807) is 29.4 Å². The van der Waals surface area contributed by atoms with Gasteiger partial charge in [0, 0.05) is 18.3 Å². The number of nitrogens with zero attached hydrogens (tertiary/aromatic N) is 1. The SMILES string of the molecule is COC(=O)c1ccc(NC(=O)N2CCC[C@H]2c2ccco2)cc1OC. The van der Waals surface area contributed by atoms with Gasteiger partial charge in [-0.1, -0.05) is 0 Å². The maximum Gasteiger partial charge on any atom is 0.341 e. The van der Waals surface area contributed by atoms with Gasteiger partial charge < -0.3 is 24.1 Å². The number of anilines is 1. The lowest BCUT2D eigenvalue weighted by Gasteiger charge is -2.23.